The summed E-state index contributed by atoms with van der Waals surface area (Å²) in [6, 6.07) is 18.3. The molecule has 0 radical (unpaired) electrons. The summed E-state index contributed by atoms with van der Waals surface area (Å²) in [4.78, 5) is 0. The van der Waals surface area contributed by atoms with Crippen molar-refractivity contribution in [3.8, 4) is 0 Å². The van der Waals surface area contributed by atoms with Crippen LogP contribution in [0.3, 0.4) is 0 Å². The van der Waals surface area contributed by atoms with Crippen molar-refractivity contribution in [2.75, 3.05) is 0 Å². The Morgan fingerprint density at radius 2 is 1.57 bits per heavy atom. The normalized spacial score (nSPS) is 17.7. The van der Waals surface area contributed by atoms with Gasteiger partial charge in [-0.05, 0) is 32.4 Å². The minimum Gasteiger partial charge on any atom is -0.460 e. The van der Waals surface area contributed by atoms with E-state index in [9.17, 15) is 0 Å². The van der Waals surface area contributed by atoms with E-state index in [0.29, 0.717) is 0 Å². The molecule has 108 valence electrons. The Kier molecular flexibility index (Phi) is 3.56. The van der Waals surface area contributed by atoms with E-state index in [1.54, 1.807) is 0 Å². The molecule has 21 heavy (non-hydrogen) atoms. The van der Waals surface area contributed by atoms with Crippen LogP contribution in [0.4, 0.5) is 0 Å². The lowest BCUT2D eigenvalue weighted by molar-refractivity contribution is -0.168. The van der Waals surface area contributed by atoms with Gasteiger partial charge in [0.1, 0.15) is 5.76 Å². The predicted octanol–water partition coefficient (Wildman–Crippen LogP) is 5.03. The van der Waals surface area contributed by atoms with Gasteiger partial charge in [-0.25, -0.2) is 0 Å². The summed E-state index contributed by atoms with van der Waals surface area (Å²) < 4.78 is 12.2. The average Bonchev–Trinajstić information content (AvgIpc) is 2.46. The molecule has 0 saturated heterocycles. The van der Waals surface area contributed by atoms with E-state index in [0.717, 1.165) is 22.4 Å². The van der Waals surface area contributed by atoms with E-state index in [1.165, 1.54) is 0 Å². The van der Waals surface area contributed by atoms with E-state index in [2.05, 4.69) is 18.2 Å². The van der Waals surface area contributed by atoms with Crippen LogP contribution in [-0.4, -0.2) is 5.60 Å². The monoisotopic (exact) mass is 280 g/mol. The van der Waals surface area contributed by atoms with Crippen LogP contribution in [0.25, 0.3) is 11.8 Å². The zero-order valence-electron chi connectivity index (χ0n) is 12.7. The van der Waals surface area contributed by atoms with Crippen molar-refractivity contribution in [3.05, 3.63) is 71.3 Å². The van der Waals surface area contributed by atoms with Crippen LogP contribution in [0.1, 0.15) is 43.8 Å². The van der Waals surface area contributed by atoms with Gasteiger partial charge in [0.15, 0.2) is 0 Å². The zero-order chi connectivity index (χ0) is 14.9. The van der Waals surface area contributed by atoms with Gasteiger partial charge in [0.25, 0.3) is 0 Å². The van der Waals surface area contributed by atoms with Crippen molar-refractivity contribution >= 4 is 11.8 Å². The molecule has 0 aliphatic carbocycles. The first-order chi connectivity index (χ1) is 10.0. The highest BCUT2D eigenvalue weighted by Crippen LogP contribution is 2.38. The molecular formula is C19H20O2. The minimum absolute atomic E-state index is 0.267. The molecule has 1 aliphatic rings. The molecule has 2 aromatic rings. The van der Waals surface area contributed by atoms with Crippen LogP contribution in [0, 0.1) is 0 Å². The van der Waals surface area contributed by atoms with Crippen molar-refractivity contribution in [1.29, 1.82) is 0 Å². The van der Waals surface area contributed by atoms with Gasteiger partial charge in [0.2, 0.25) is 6.29 Å². The quantitative estimate of drug-likeness (QED) is 0.768. The van der Waals surface area contributed by atoms with Crippen LogP contribution in [0.5, 0.6) is 0 Å². The first-order valence-electron chi connectivity index (χ1n) is 7.23. The third kappa shape index (κ3) is 3.17. The molecule has 1 aliphatic heterocycles. The summed E-state index contributed by atoms with van der Waals surface area (Å²) in [6.45, 7) is 6.12. The standard InChI is InChI=1S/C19H20O2/c1-19(2,3)21-18-16-12-8-7-11-15(16)13-17(20-18)14-9-5-4-6-10-14/h4-13,18H,1-3H3/t18-/m0/s1. The molecule has 0 N–H and O–H groups in total. The molecule has 0 aromatic heterocycles. The van der Waals surface area contributed by atoms with E-state index in [4.69, 9.17) is 9.47 Å². The first-order valence-corrected chi connectivity index (χ1v) is 7.23. The molecule has 0 unspecified atom stereocenters. The fourth-order valence-electron chi connectivity index (χ4n) is 2.37. The van der Waals surface area contributed by atoms with Gasteiger partial charge >= 0.3 is 0 Å². The molecule has 0 fully saturated rings. The van der Waals surface area contributed by atoms with E-state index < -0.39 is 0 Å². The maximum absolute atomic E-state index is 6.11. The van der Waals surface area contributed by atoms with Crippen LogP contribution in [0.2, 0.25) is 0 Å². The second kappa shape index (κ2) is 5.38. The molecule has 0 spiro atoms. The molecule has 2 aromatic carbocycles. The second-order valence-electron chi connectivity index (χ2n) is 6.18. The molecule has 2 nitrogen and oxygen atoms in total. The van der Waals surface area contributed by atoms with Crippen LogP contribution < -0.4 is 0 Å². The van der Waals surface area contributed by atoms with Gasteiger partial charge < -0.3 is 9.47 Å². The number of benzene rings is 2. The van der Waals surface area contributed by atoms with E-state index >= 15 is 0 Å². The predicted molar refractivity (Wildman–Crippen MR) is 85.4 cm³/mol. The topological polar surface area (TPSA) is 18.5 Å². The van der Waals surface area contributed by atoms with Crippen molar-refractivity contribution in [1.82, 2.24) is 0 Å². The Morgan fingerprint density at radius 3 is 2.29 bits per heavy atom. The highest BCUT2D eigenvalue weighted by atomic mass is 16.7. The Hall–Kier alpha value is -2.06. The van der Waals surface area contributed by atoms with E-state index in [-0.39, 0.29) is 11.9 Å². The summed E-state index contributed by atoms with van der Waals surface area (Å²) in [6.07, 6.45) is 1.70. The largest absolute Gasteiger partial charge is 0.460 e. The molecule has 1 atom stereocenters. The number of ether oxygens (including phenoxy) is 2. The lowest BCUT2D eigenvalue weighted by atomic mass is 10.0. The molecule has 2 heteroatoms. The maximum Gasteiger partial charge on any atom is 0.227 e. The number of fused-ring (bicyclic) bond motifs is 1. The lowest BCUT2D eigenvalue weighted by Crippen LogP contribution is -2.25. The maximum atomic E-state index is 6.11. The molecule has 0 amide bonds. The first kappa shape index (κ1) is 13.9. The lowest BCUT2D eigenvalue weighted by Gasteiger charge is -2.32. The van der Waals surface area contributed by atoms with Crippen LogP contribution in [-0.2, 0) is 9.47 Å². The number of hydrogen-bond donors (Lipinski definition) is 0. The Bertz CT molecular complexity index is 651. The third-order valence-corrected chi connectivity index (χ3v) is 3.29. The zero-order valence-corrected chi connectivity index (χ0v) is 12.7. The van der Waals surface area contributed by atoms with Crippen molar-refractivity contribution in [2.24, 2.45) is 0 Å². The smallest absolute Gasteiger partial charge is 0.227 e. The minimum atomic E-state index is -0.374. The van der Waals surface area contributed by atoms with Crippen molar-refractivity contribution in [2.45, 2.75) is 32.7 Å². The summed E-state index contributed by atoms with van der Waals surface area (Å²) in [7, 11) is 0. The summed E-state index contributed by atoms with van der Waals surface area (Å²) in [5.41, 5.74) is 3.02. The van der Waals surface area contributed by atoms with Gasteiger partial charge in [-0.3, -0.25) is 0 Å². The fraction of sp³-hybridized carbons (Fsp3) is 0.263. The molecule has 1 heterocycles. The molecule has 0 bridgehead atoms. The Balaban J connectivity index is 2.01. The van der Waals surface area contributed by atoms with E-state index in [1.807, 2.05) is 63.2 Å². The molecule has 3 rings (SSSR count). The van der Waals surface area contributed by atoms with Crippen LogP contribution in [0.15, 0.2) is 54.6 Å². The van der Waals surface area contributed by atoms with Gasteiger partial charge in [-0.15, -0.1) is 0 Å². The third-order valence-electron chi connectivity index (χ3n) is 3.29. The number of rotatable bonds is 2. The van der Waals surface area contributed by atoms with Gasteiger partial charge in [0.05, 0.1) is 5.60 Å². The summed E-state index contributed by atoms with van der Waals surface area (Å²) >= 11 is 0. The van der Waals surface area contributed by atoms with Crippen LogP contribution >= 0.6 is 0 Å². The summed E-state index contributed by atoms with van der Waals surface area (Å²) in [5.74, 6) is 0.851. The highest BCUT2D eigenvalue weighted by molar-refractivity contribution is 5.80. The second-order valence-corrected chi connectivity index (χ2v) is 6.18. The number of hydrogen-bond acceptors (Lipinski definition) is 2. The fourth-order valence-corrected chi connectivity index (χ4v) is 2.37. The van der Waals surface area contributed by atoms with Gasteiger partial charge in [-0.2, -0.15) is 0 Å². The highest BCUT2D eigenvalue weighted by Gasteiger charge is 2.27. The van der Waals surface area contributed by atoms with Crippen molar-refractivity contribution in [3.63, 3.8) is 0 Å². The molecular weight excluding hydrogens is 260 g/mol. The molecule has 0 saturated carbocycles. The Labute approximate surface area is 126 Å². The average molecular weight is 280 g/mol. The van der Waals surface area contributed by atoms with Gasteiger partial charge in [0, 0.05) is 11.1 Å². The van der Waals surface area contributed by atoms with Gasteiger partial charge in [-0.1, -0.05) is 54.6 Å². The summed E-state index contributed by atoms with van der Waals surface area (Å²) in [5, 5.41) is 0. The Morgan fingerprint density at radius 1 is 0.905 bits per heavy atom. The SMILES string of the molecule is CC(C)(C)O[C@@H]1OC(c2ccccc2)=Cc2ccccc21. The van der Waals surface area contributed by atoms with Crippen molar-refractivity contribution < 1.29 is 9.47 Å².